The molecule has 21 heavy (non-hydrogen) atoms. The van der Waals surface area contributed by atoms with Gasteiger partial charge in [-0.15, -0.1) is 11.3 Å². The zero-order valence-corrected chi connectivity index (χ0v) is 12.7. The lowest BCUT2D eigenvalue weighted by Crippen LogP contribution is -2.31. The molecule has 1 aromatic heterocycles. The molecule has 5 heteroatoms. The van der Waals surface area contributed by atoms with Gasteiger partial charge in [-0.3, -0.25) is 9.59 Å². The zero-order valence-electron chi connectivity index (χ0n) is 11.9. The Morgan fingerprint density at radius 3 is 2.57 bits per heavy atom. The van der Waals surface area contributed by atoms with Crippen molar-refractivity contribution in [3.8, 4) is 0 Å². The molecule has 2 aromatic rings. The minimum absolute atomic E-state index is 0.0248. The van der Waals surface area contributed by atoms with E-state index in [1.807, 2.05) is 35.7 Å². The van der Waals surface area contributed by atoms with Gasteiger partial charge in [-0.25, -0.2) is 0 Å². The Morgan fingerprint density at radius 1 is 1.14 bits per heavy atom. The van der Waals surface area contributed by atoms with E-state index < -0.39 is 0 Å². The topological polar surface area (TPSA) is 49.4 Å². The highest BCUT2D eigenvalue weighted by Gasteiger charge is 2.10. The summed E-state index contributed by atoms with van der Waals surface area (Å²) in [6.45, 7) is 0.963. The fraction of sp³-hybridized carbons (Fsp3) is 0.250. The van der Waals surface area contributed by atoms with Crippen molar-refractivity contribution in [1.29, 1.82) is 0 Å². The van der Waals surface area contributed by atoms with E-state index in [2.05, 4.69) is 5.32 Å². The Morgan fingerprint density at radius 2 is 1.90 bits per heavy atom. The number of carbonyl (C=O) groups excluding carboxylic acids is 2. The second kappa shape index (κ2) is 7.59. The maximum absolute atomic E-state index is 12.0. The van der Waals surface area contributed by atoms with Crippen LogP contribution in [0.15, 0.2) is 47.8 Å². The van der Waals surface area contributed by atoms with E-state index in [1.165, 1.54) is 0 Å². The molecule has 110 valence electrons. The highest BCUT2D eigenvalue weighted by Crippen LogP contribution is 2.11. The average Bonchev–Trinajstić information content (AvgIpc) is 3.00. The summed E-state index contributed by atoms with van der Waals surface area (Å²) in [4.78, 5) is 26.6. The van der Waals surface area contributed by atoms with Gasteiger partial charge >= 0.3 is 0 Å². The Labute approximate surface area is 128 Å². The number of amides is 2. The molecule has 4 nitrogen and oxygen atoms in total. The van der Waals surface area contributed by atoms with Crippen molar-refractivity contribution in [1.82, 2.24) is 10.2 Å². The third-order valence-electron chi connectivity index (χ3n) is 3.06. The summed E-state index contributed by atoms with van der Waals surface area (Å²) < 4.78 is 0. The summed E-state index contributed by atoms with van der Waals surface area (Å²) in [6.07, 6.45) is 0.306. The van der Waals surface area contributed by atoms with Crippen molar-refractivity contribution in [2.45, 2.75) is 13.0 Å². The molecule has 2 amide bonds. The van der Waals surface area contributed by atoms with E-state index in [0.29, 0.717) is 25.1 Å². The van der Waals surface area contributed by atoms with Gasteiger partial charge < -0.3 is 10.2 Å². The lowest BCUT2D eigenvalue weighted by Gasteiger charge is -2.16. The molecule has 1 N–H and O–H groups in total. The van der Waals surface area contributed by atoms with E-state index in [-0.39, 0.29) is 11.8 Å². The third kappa shape index (κ3) is 4.72. The second-order valence-corrected chi connectivity index (χ2v) is 5.73. The fourth-order valence-electron chi connectivity index (χ4n) is 1.89. The number of carbonyl (C=O) groups is 2. The van der Waals surface area contributed by atoms with Crippen LogP contribution < -0.4 is 5.32 Å². The molecule has 0 saturated carbocycles. The lowest BCUT2D eigenvalue weighted by atomic mass is 10.2. The highest BCUT2D eigenvalue weighted by molar-refractivity contribution is 7.09. The molecule has 0 fully saturated rings. The summed E-state index contributed by atoms with van der Waals surface area (Å²) in [6, 6.07) is 13.0. The van der Waals surface area contributed by atoms with Crippen LogP contribution in [0, 0.1) is 0 Å². The number of nitrogens with one attached hydrogen (secondary N) is 1. The van der Waals surface area contributed by atoms with Crippen molar-refractivity contribution >= 4 is 23.2 Å². The molecule has 0 aliphatic carbocycles. The number of thiophene rings is 1. The van der Waals surface area contributed by atoms with Gasteiger partial charge in [-0.05, 0) is 23.6 Å². The zero-order chi connectivity index (χ0) is 15.1. The van der Waals surface area contributed by atoms with Crippen molar-refractivity contribution in [2.75, 3.05) is 13.6 Å². The van der Waals surface area contributed by atoms with Crippen LogP contribution in [0.5, 0.6) is 0 Å². The van der Waals surface area contributed by atoms with Gasteiger partial charge in [0, 0.05) is 30.5 Å². The lowest BCUT2D eigenvalue weighted by molar-refractivity contribution is -0.130. The van der Waals surface area contributed by atoms with Crippen LogP contribution in [0.4, 0.5) is 0 Å². The van der Waals surface area contributed by atoms with Crippen molar-refractivity contribution < 1.29 is 9.59 Å². The summed E-state index contributed by atoms with van der Waals surface area (Å²) in [5.41, 5.74) is 0.608. The summed E-state index contributed by atoms with van der Waals surface area (Å²) >= 11 is 1.63. The first-order chi connectivity index (χ1) is 10.2. The molecule has 1 aromatic carbocycles. The molecule has 0 aliphatic heterocycles. The number of benzene rings is 1. The fourth-order valence-corrected chi connectivity index (χ4v) is 2.65. The van der Waals surface area contributed by atoms with Gasteiger partial charge in [0.05, 0.1) is 6.54 Å². The van der Waals surface area contributed by atoms with E-state index in [4.69, 9.17) is 0 Å². The molecule has 0 spiro atoms. The number of hydrogen-bond donors (Lipinski definition) is 1. The Hall–Kier alpha value is -2.14. The summed E-state index contributed by atoms with van der Waals surface area (Å²) in [7, 11) is 1.78. The molecule has 0 radical (unpaired) electrons. The molecule has 2 rings (SSSR count). The first-order valence-electron chi connectivity index (χ1n) is 6.76. The second-order valence-electron chi connectivity index (χ2n) is 4.70. The Bertz CT molecular complexity index is 582. The molecule has 0 aliphatic rings. The molecule has 0 bridgehead atoms. The standard InChI is InChI=1S/C16H18N2O2S/c1-18(12-14-8-5-11-21-14)15(19)9-10-17-16(20)13-6-3-2-4-7-13/h2-8,11H,9-10,12H2,1H3,(H,17,20). The van der Waals surface area contributed by atoms with Crippen LogP contribution >= 0.6 is 11.3 Å². The predicted molar refractivity (Wildman–Crippen MR) is 84.2 cm³/mol. The molecule has 0 saturated heterocycles. The quantitative estimate of drug-likeness (QED) is 0.891. The number of rotatable bonds is 6. The van der Waals surface area contributed by atoms with Crippen molar-refractivity contribution in [3.05, 3.63) is 58.3 Å². The third-order valence-corrected chi connectivity index (χ3v) is 3.92. The van der Waals surface area contributed by atoms with Gasteiger partial charge in [0.15, 0.2) is 0 Å². The van der Waals surface area contributed by atoms with Crippen LogP contribution in [-0.2, 0) is 11.3 Å². The van der Waals surface area contributed by atoms with Gasteiger partial charge in [0.25, 0.3) is 5.91 Å². The monoisotopic (exact) mass is 302 g/mol. The number of hydrogen-bond acceptors (Lipinski definition) is 3. The van der Waals surface area contributed by atoms with E-state index in [1.54, 1.807) is 35.4 Å². The molecular weight excluding hydrogens is 284 g/mol. The maximum atomic E-state index is 12.0. The van der Waals surface area contributed by atoms with Gasteiger partial charge in [-0.1, -0.05) is 24.3 Å². The minimum atomic E-state index is -0.149. The maximum Gasteiger partial charge on any atom is 0.251 e. The first kappa shape index (κ1) is 15.3. The van der Waals surface area contributed by atoms with Crippen molar-refractivity contribution in [2.24, 2.45) is 0 Å². The Kier molecular flexibility index (Phi) is 5.51. The summed E-state index contributed by atoms with van der Waals surface area (Å²) in [5, 5.41) is 4.75. The predicted octanol–water partition coefficient (Wildman–Crippen LogP) is 2.53. The van der Waals surface area contributed by atoms with Gasteiger partial charge in [0.1, 0.15) is 0 Å². The van der Waals surface area contributed by atoms with E-state index in [9.17, 15) is 9.59 Å². The minimum Gasteiger partial charge on any atom is -0.352 e. The molecule has 0 atom stereocenters. The van der Waals surface area contributed by atoms with Crippen LogP contribution in [0.1, 0.15) is 21.7 Å². The molecular formula is C16H18N2O2S. The van der Waals surface area contributed by atoms with Crippen LogP contribution in [0.25, 0.3) is 0 Å². The average molecular weight is 302 g/mol. The smallest absolute Gasteiger partial charge is 0.251 e. The van der Waals surface area contributed by atoms with Crippen molar-refractivity contribution in [3.63, 3.8) is 0 Å². The van der Waals surface area contributed by atoms with Crippen LogP contribution in [-0.4, -0.2) is 30.3 Å². The largest absolute Gasteiger partial charge is 0.352 e. The number of nitrogens with zero attached hydrogens (tertiary/aromatic N) is 1. The van der Waals surface area contributed by atoms with Gasteiger partial charge in [0.2, 0.25) is 5.91 Å². The SMILES string of the molecule is CN(Cc1cccs1)C(=O)CCNC(=O)c1ccccc1. The normalized spacial score (nSPS) is 10.1. The molecule has 0 unspecified atom stereocenters. The summed E-state index contributed by atoms with van der Waals surface area (Å²) in [5.74, 6) is -0.124. The highest BCUT2D eigenvalue weighted by atomic mass is 32.1. The van der Waals surface area contributed by atoms with Crippen LogP contribution in [0.2, 0.25) is 0 Å². The van der Waals surface area contributed by atoms with Gasteiger partial charge in [-0.2, -0.15) is 0 Å². The van der Waals surface area contributed by atoms with E-state index in [0.717, 1.165) is 4.88 Å². The Balaban J connectivity index is 1.73. The van der Waals surface area contributed by atoms with E-state index >= 15 is 0 Å². The molecule has 1 heterocycles. The van der Waals surface area contributed by atoms with Crippen LogP contribution in [0.3, 0.4) is 0 Å². The first-order valence-corrected chi connectivity index (χ1v) is 7.64.